The van der Waals surface area contributed by atoms with Crippen LogP contribution in [-0.2, 0) is 4.79 Å². The van der Waals surface area contributed by atoms with Crippen molar-refractivity contribution in [3.05, 3.63) is 0 Å². The van der Waals surface area contributed by atoms with Crippen molar-refractivity contribution in [2.24, 2.45) is 17.8 Å². The van der Waals surface area contributed by atoms with Crippen LogP contribution in [0.1, 0.15) is 26.2 Å². The molecule has 0 aromatic rings. The summed E-state index contributed by atoms with van der Waals surface area (Å²) in [5.41, 5.74) is 0. The molecule has 4 unspecified atom stereocenters. The Balaban J connectivity index is 1.62. The van der Waals surface area contributed by atoms with E-state index in [0.717, 1.165) is 32.2 Å². The maximum absolute atomic E-state index is 12.6. The van der Waals surface area contributed by atoms with E-state index in [1.165, 1.54) is 25.8 Å². The van der Waals surface area contributed by atoms with Gasteiger partial charge >= 0.3 is 0 Å². The van der Waals surface area contributed by atoms with Crippen molar-refractivity contribution in [1.82, 2.24) is 15.1 Å². The number of fused-ring (bicyclic) bond motifs is 1. The van der Waals surface area contributed by atoms with Crippen LogP contribution in [0.3, 0.4) is 0 Å². The van der Waals surface area contributed by atoms with Gasteiger partial charge in [-0.3, -0.25) is 4.79 Å². The van der Waals surface area contributed by atoms with E-state index in [4.69, 9.17) is 0 Å². The average Bonchev–Trinajstić information content (AvgIpc) is 2.84. The highest BCUT2D eigenvalue weighted by atomic mass is 16.2. The van der Waals surface area contributed by atoms with Gasteiger partial charge in [-0.2, -0.15) is 0 Å². The summed E-state index contributed by atoms with van der Waals surface area (Å²) >= 11 is 0. The van der Waals surface area contributed by atoms with Crippen LogP contribution in [0.15, 0.2) is 0 Å². The van der Waals surface area contributed by atoms with E-state index in [1.54, 1.807) is 0 Å². The van der Waals surface area contributed by atoms with Gasteiger partial charge in [-0.15, -0.1) is 0 Å². The summed E-state index contributed by atoms with van der Waals surface area (Å²) < 4.78 is 0. The van der Waals surface area contributed by atoms with E-state index in [-0.39, 0.29) is 5.92 Å². The summed E-state index contributed by atoms with van der Waals surface area (Å²) in [6, 6.07) is 0.719. The lowest BCUT2D eigenvalue weighted by Crippen LogP contribution is -2.55. The van der Waals surface area contributed by atoms with Crippen LogP contribution in [0.2, 0.25) is 0 Å². The molecule has 0 spiro atoms. The van der Waals surface area contributed by atoms with Crippen LogP contribution in [0.25, 0.3) is 0 Å². The predicted molar refractivity (Wildman–Crippen MR) is 75.9 cm³/mol. The number of hydrogen-bond donors (Lipinski definition) is 1. The van der Waals surface area contributed by atoms with Gasteiger partial charge in [-0.1, -0.05) is 6.92 Å². The highest BCUT2D eigenvalue weighted by Crippen LogP contribution is 2.31. The standard InChI is InChI=1S/C15H27N3O/c1-11-8-16-9-13(11)15(19)18-7-5-14-12(10-18)4-3-6-17(14)2/h11-14,16H,3-10H2,1-2H3. The Kier molecular flexibility index (Phi) is 3.81. The SMILES string of the molecule is CC1CNCC1C(=O)N1CCC2C(CCCN2C)C1. The fourth-order valence-electron chi connectivity index (χ4n) is 4.23. The van der Waals surface area contributed by atoms with Gasteiger partial charge in [-0.05, 0) is 51.2 Å². The number of amides is 1. The molecule has 1 N–H and O–H groups in total. The van der Waals surface area contributed by atoms with Crippen LogP contribution >= 0.6 is 0 Å². The van der Waals surface area contributed by atoms with Crippen molar-refractivity contribution >= 4 is 5.91 Å². The van der Waals surface area contributed by atoms with Crippen molar-refractivity contribution in [3.63, 3.8) is 0 Å². The number of carbonyl (C=O) groups excluding carboxylic acids is 1. The van der Waals surface area contributed by atoms with E-state index in [9.17, 15) is 4.79 Å². The van der Waals surface area contributed by atoms with Crippen molar-refractivity contribution in [3.8, 4) is 0 Å². The van der Waals surface area contributed by atoms with Gasteiger partial charge in [-0.25, -0.2) is 0 Å². The van der Waals surface area contributed by atoms with Crippen LogP contribution in [0.5, 0.6) is 0 Å². The molecule has 108 valence electrons. The van der Waals surface area contributed by atoms with Gasteiger partial charge in [0.05, 0.1) is 5.92 Å². The minimum absolute atomic E-state index is 0.220. The molecule has 3 saturated heterocycles. The van der Waals surface area contributed by atoms with E-state index >= 15 is 0 Å². The summed E-state index contributed by atoms with van der Waals surface area (Å²) in [5, 5.41) is 3.35. The highest BCUT2D eigenvalue weighted by molar-refractivity contribution is 5.80. The Bertz CT molecular complexity index is 346. The third-order valence-corrected chi connectivity index (χ3v) is 5.49. The number of nitrogens with one attached hydrogen (secondary N) is 1. The van der Waals surface area contributed by atoms with E-state index < -0.39 is 0 Å². The summed E-state index contributed by atoms with van der Waals surface area (Å²) in [4.78, 5) is 17.3. The quantitative estimate of drug-likeness (QED) is 0.761. The molecule has 4 nitrogen and oxygen atoms in total. The Hall–Kier alpha value is -0.610. The van der Waals surface area contributed by atoms with Crippen LogP contribution < -0.4 is 5.32 Å². The molecule has 3 fully saturated rings. The molecule has 3 rings (SSSR count). The minimum atomic E-state index is 0.220. The molecule has 4 atom stereocenters. The number of piperidine rings is 2. The third-order valence-electron chi connectivity index (χ3n) is 5.49. The van der Waals surface area contributed by atoms with Crippen molar-refractivity contribution in [2.45, 2.75) is 32.2 Å². The summed E-state index contributed by atoms with van der Waals surface area (Å²) in [6.45, 7) is 7.27. The molecule has 0 aromatic heterocycles. The number of likely N-dealkylation sites (tertiary alicyclic amines) is 2. The molecule has 0 aliphatic carbocycles. The molecule has 3 heterocycles. The lowest BCUT2D eigenvalue weighted by Gasteiger charge is -2.46. The van der Waals surface area contributed by atoms with Gasteiger partial charge in [0.1, 0.15) is 0 Å². The molecule has 3 aliphatic rings. The number of hydrogen-bond acceptors (Lipinski definition) is 3. The second kappa shape index (κ2) is 5.41. The largest absolute Gasteiger partial charge is 0.342 e. The maximum Gasteiger partial charge on any atom is 0.227 e. The van der Waals surface area contributed by atoms with Crippen molar-refractivity contribution in [1.29, 1.82) is 0 Å². The first-order valence-corrected chi connectivity index (χ1v) is 7.86. The van der Waals surface area contributed by atoms with Crippen LogP contribution in [-0.4, -0.2) is 61.5 Å². The van der Waals surface area contributed by atoms with Crippen molar-refractivity contribution < 1.29 is 4.79 Å². The Morgan fingerprint density at radius 1 is 1.21 bits per heavy atom. The first-order valence-electron chi connectivity index (χ1n) is 7.86. The highest BCUT2D eigenvalue weighted by Gasteiger charge is 2.39. The number of nitrogens with zero attached hydrogens (tertiary/aromatic N) is 2. The zero-order valence-corrected chi connectivity index (χ0v) is 12.3. The smallest absolute Gasteiger partial charge is 0.227 e. The van der Waals surface area contributed by atoms with Crippen LogP contribution in [0, 0.1) is 17.8 Å². The summed E-state index contributed by atoms with van der Waals surface area (Å²) in [7, 11) is 2.25. The topological polar surface area (TPSA) is 35.6 Å². The summed E-state index contributed by atoms with van der Waals surface area (Å²) in [5.74, 6) is 1.84. The predicted octanol–water partition coefficient (Wildman–Crippen LogP) is 0.785. The molecule has 0 saturated carbocycles. The second-order valence-electron chi connectivity index (χ2n) is 6.77. The minimum Gasteiger partial charge on any atom is -0.342 e. The van der Waals surface area contributed by atoms with Gasteiger partial charge in [0.25, 0.3) is 0 Å². The fraction of sp³-hybridized carbons (Fsp3) is 0.933. The molecule has 0 bridgehead atoms. The molecule has 0 radical (unpaired) electrons. The first-order chi connectivity index (χ1) is 9.16. The van der Waals surface area contributed by atoms with Gasteiger partial charge in [0.15, 0.2) is 0 Å². The molecular weight excluding hydrogens is 238 g/mol. The number of carbonyl (C=O) groups is 1. The van der Waals surface area contributed by atoms with Gasteiger partial charge < -0.3 is 15.1 Å². The second-order valence-corrected chi connectivity index (χ2v) is 6.77. The number of rotatable bonds is 1. The molecule has 4 heteroatoms. The van der Waals surface area contributed by atoms with E-state index in [1.807, 2.05) is 0 Å². The van der Waals surface area contributed by atoms with Crippen molar-refractivity contribution in [2.75, 3.05) is 39.8 Å². The van der Waals surface area contributed by atoms with Crippen LogP contribution in [0.4, 0.5) is 0 Å². The maximum atomic E-state index is 12.6. The van der Waals surface area contributed by atoms with E-state index in [0.29, 0.717) is 17.7 Å². The third kappa shape index (κ3) is 2.52. The Morgan fingerprint density at radius 3 is 2.79 bits per heavy atom. The fourth-order valence-corrected chi connectivity index (χ4v) is 4.23. The average molecular weight is 265 g/mol. The monoisotopic (exact) mass is 265 g/mol. The Morgan fingerprint density at radius 2 is 2.05 bits per heavy atom. The molecule has 0 aromatic carbocycles. The molecule has 1 amide bonds. The zero-order chi connectivity index (χ0) is 13.4. The van der Waals surface area contributed by atoms with E-state index in [2.05, 4.69) is 29.1 Å². The van der Waals surface area contributed by atoms with Gasteiger partial charge in [0.2, 0.25) is 5.91 Å². The summed E-state index contributed by atoms with van der Waals surface area (Å²) in [6.07, 6.45) is 3.76. The lowest BCUT2D eigenvalue weighted by molar-refractivity contribution is -0.139. The van der Waals surface area contributed by atoms with Gasteiger partial charge in [0, 0.05) is 25.7 Å². The Labute approximate surface area is 116 Å². The molecular formula is C15H27N3O. The zero-order valence-electron chi connectivity index (χ0n) is 12.3. The molecule has 19 heavy (non-hydrogen) atoms. The normalized spacial score (nSPS) is 40.2. The molecule has 3 aliphatic heterocycles. The first kappa shape index (κ1) is 13.4. The lowest BCUT2D eigenvalue weighted by atomic mass is 9.83.